The first-order valence-corrected chi connectivity index (χ1v) is 9.70. The molecule has 28 heavy (non-hydrogen) atoms. The van der Waals surface area contributed by atoms with Crippen molar-refractivity contribution in [3.05, 3.63) is 60.3 Å². The molecular weight excluding hydrogens is 398 g/mol. The van der Waals surface area contributed by atoms with Gasteiger partial charge >= 0.3 is 0 Å². The number of amides is 1. The van der Waals surface area contributed by atoms with Gasteiger partial charge in [-0.1, -0.05) is 29.4 Å². The number of pyridine rings is 1. The Balaban J connectivity index is 1.70. The van der Waals surface area contributed by atoms with Gasteiger partial charge in [0.1, 0.15) is 11.6 Å². The van der Waals surface area contributed by atoms with Crippen molar-refractivity contribution < 1.29 is 9.53 Å². The number of benzene rings is 1. The van der Waals surface area contributed by atoms with Crippen LogP contribution in [0.2, 0.25) is 5.02 Å². The highest BCUT2D eigenvalue weighted by Gasteiger charge is 2.15. The van der Waals surface area contributed by atoms with Crippen LogP contribution < -0.4 is 10.1 Å². The summed E-state index contributed by atoms with van der Waals surface area (Å²) in [6.45, 7) is 4.32. The summed E-state index contributed by atoms with van der Waals surface area (Å²) in [4.78, 5) is 16.2. The summed E-state index contributed by atoms with van der Waals surface area (Å²) in [7, 11) is 1.62. The van der Waals surface area contributed by atoms with Crippen molar-refractivity contribution in [2.45, 2.75) is 11.7 Å². The molecule has 7 nitrogen and oxygen atoms in total. The molecule has 1 amide bonds. The molecule has 0 saturated heterocycles. The van der Waals surface area contributed by atoms with E-state index in [1.807, 2.05) is 28.8 Å². The van der Waals surface area contributed by atoms with Gasteiger partial charge in [0.15, 0.2) is 11.0 Å². The van der Waals surface area contributed by atoms with Gasteiger partial charge in [0.25, 0.3) is 0 Å². The third-order valence-electron chi connectivity index (χ3n) is 3.70. The second kappa shape index (κ2) is 9.38. The Hall–Kier alpha value is -2.84. The molecule has 0 radical (unpaired) electrons. The summed E-state index contributed by atoms with van der Waals surface area (Å²) in [5, 5.41) is 12.4. The smallest absolute Gasteiger partial charge is 0.236 e. The minimum absolute atomic E-state index is 0.169. The van der Waals surface area contributed by atoms with E-state index in [-0.39, 0.29) is 11.7 Å². The summed E-state index contributed by atoms with van der Waals surface area (Å²) in [6.07, 6.45) is 3.24. The standard InChI is InChI=1S/C19H18ClN5O2S/c1-3-10-25-18(13-4-7-15(27-2)8-5-13)23-24-19(25)28-12-17(26)22-16-9-6-14(20)11-21-16/h3-9,11H,1,10,12H2,2H3,(H,21,22,26). The molecule has 0 fully saturated rings. The Kier molecular flexibility index (Phi) is 6.67. The number of nitrogens with zero attached hydrogens (tertiary/aromatic N) is 4. The normalized spacial score (nSPS) is 10.5. The number of hydrogen-bond acceptors (Lipinski definition) is 6. The lowest BCUT2D eigenvalue weighted by molar-refractivity contribution is -0.113. The Bertz CT molecular complexity index is 957. The van der Waals surface area contributed by atoms with Crippen LogP contribution in [0.25, 0.3) is 11.4 Å². The summed E-state index contributed by atoms with van der Waals surface area (Å²) < 4.78 is 7.10. The molecule has 0 aliphatic rings. The van der Waals surface area contributed by atoms with Gasteiger partial charge in [0.05, 0.1) is 17.9 Å². The van der Waals surface area contributed by atoms with Crippen molar-refractivity contribution in [3.63, 3.8) is 0 Å². The van der Waals surface area contributed by atoms with E-state index in [2.05, 4.69) is 27.1 Å². The molecule has 0 aliphatic heterocycles. The second-order valence-electron chi connectivity index (χ2n) is 5.63. The number of hydrogen-bond donors (Lipinski definition) is 1. The van der Waals surface area contributed by atoms with Crippen LogP contribution in [0.5, 0.6) is 5.75 Å². The lowest BCUT2D eigenvalue weighted by Gasteiger charge is -2.08. The Morgan fingerprint density at radius 2 is 2.07 bits per heavy atom. The Labute approximate surface area is 171 Å². The number of carbonyl (C=O) groups excluding carboxylic acids is 1. The molecule has 9 heteroatoms. The molecule has 144 valence electrons. The lowest BCUT2D eigenvalue weighted by atomic mass is 10.2. The highest BCUT2D eigenvalue weighted by molar-refractivity contribution is 7.99. The Morgan fingerprint density at radius 3 is 2.71 bits per heavy atom. The first-order valence-electron chi connectivity index (χ1n) is 8.33. The van der Waals surface area contributed by atoms with Crippen molar-refractivity contribution in [1.82, 2.24) is 19.7 Å². The minimum Gasteiger partial charge on any atom is -0.497 e. The largest absolute Gasteiger partial charge is 0.497 e. The molecule has 2 aromatic heterocycles. The van der Waals surface area contributed by atoms with E-state index >= 15 is 0 Å². The van der Waals surface area contributed by atoms with Gasteiger partial charge in [-0.2, -0.15) is 0 Å². The van der Waals surface area contributed by atoms with E-state index in [4.69, 9.17) is 16.3 Å². The van der Waals surface area contributed by atoms with Crippen LogP contribution in [0.15, 0.2) is 60.4 Å². The average Bonchev–Trinajstić information content (AvgIpc) is 3.11. The summed E-state index contributed by atoms with van der Waals surface area (Å²) in [5.74, 6) is 1.88. The molecule has 0 aliphatic carbocycles. The van der Waals surface area contributed by atoms with Crippen LogP contribution in [0.1, 0.15) is 0 Å². The van der Waals surface area contributed by atoms with Gasteiger partial charge in [-0.15, -0.1) is 16.8 Å². The molecule has 2 heterocycles. The summed E-state index contributed by atoms with van der Waals surface area (Å²) in [6, 6.07) is 10.9. The van der Waals surface area contributed by atoms with Crippen LogP contribution in [0, 0.1) is 0 Å². The molecule has 0 saturated carbocycles. The van der Waals surface area contributed by atoms with Gasteiger partial charge in [0.2, 0.25) is 5.91 Å². The monoisotopic (exact) mass is 415 g/mol. The molecular formula is C19H18ClN5O2S. The maximum absolute atomic E-state index is 12.2. The van der Waals surface area contributed by atoms with Gasteiger partial charge in [-0.05, 0) is 36.4 Å². The number of aromatic nitrogens is 4. The number of allylic oxidation sites excluding steroid dienone is 1. The number of thioether (sulfide) groups is 1. The van der Waals surface area contributed by atoms with Crippen LogP contribution in [0.4, 0.5) is 5.82 Å². The van der Waals surface area contributed by atoms with Crippen LogP contribution in [-0.4, -0.2) is 38.5 Å². The first kappa shape index (κ1) is 19.9. The quantitative estimate of drug-likeness (QED) is 0.443. The predicted molar refractivity (Wildman–Crippen MR) is 111 cm³/mol. The van der Waals surface area contributed by atoms with Gasteiger partial charge in [0, 0.05) is 18.3 Å². The fourth-order valence-electron chi connectivity index (χ4n) is 2.40. The highest BCUT2D eigenvalue weighted by atomic mass is 35.5. The number of carbonyl (C=O) groups is 1. The molecule has 1 aromatic carbocycles. The van der Waals surface area contributed by atoms with Crippen LogP contribution in [-0.2, 0) is 11.3 Å². The van der Waals surface area contributed by atoms with Crippen molar-refractivity contribution in [2.75, 3.05) is 18.2 Å². The van der Waals surface area contributed by atoms with E-state index in [1.165, 1.54) is 18.0 Å². The van der Waals surface area contributed by atoms with Crippen LogP contribution in [0.3, 0.4) is 0 Å². The summed E-state index contributed by atoms with van der Waals surface area (Å²) in [5.41, 5.74) is 0.900. The zero-order chi connectivity index (χ0) is 19.9. The fourth-order valence-corrected chi connectivity index (χ4v) is 3.26. The van der Waals surface area contributed by atoms with E-state index in [1.54, 1.807) is 25.3 Å². The molecule has 0 bridgehead atoms. The maximum Gasteiger partial charge on any atom is 0.236 e. The number of methoxy groups -OCH3 is 1. The van der Waals surface area contributed by atoms with Gasteiger partial charge in [-0.3, -0.25) is 9.36 Å². The third-order valence-corrected chi connectivity index (χ3v) is 4.89. The van der Waals surface area contributed by atoms with E-state index in [0.717, 1.165) is 11.3 Å². The molecule has 0 atom stereocenters. The van der Waals surface area contributed by atoms with Gasteiger partial charge in [-0.25, -0.2) is 4.98 Å². The van der Waals surface area contributed by atoms with Gasteiger partial charge < -0.3 is 10.1 Å². The number of nitrogens with one attached hydrogen (secondary N) is 1. The van der Waals surface area contributed by atoms with Crippen molar-refractivity contribution in [2.24, 2.45) is 0 Å². The predicted octanol–water partition coefficient (Wildman–Crippen LogP) is 3.92. The molecule has 1 N–H and O–H groups in total. The third kappa shape index (κ3) is 4.90. The van der Waals surface area contributed by atoms with Crippen molar-refractivity contribution >= 4 is 35.1 Å². The molecule has 0 spiro atoms. The number of rotatable bonds is 8. The zero-order valence-corrected chi connectivity index (χ0v) is 16.7. The topological polar surface area (TPSA) is 81.9 Å². The first-order chi connectivity index (χ1) is 13.6. The van der Waals surface area contributed by atoms with Crippen LogP contribution >= 0.6 is 23.4 Å². The minimum atomic E-state index is -0.195. The lowest BCUT2D eigenvalue weighted by Crippen LogP contribution is -2.15. The van der Waals surface area contributed by atoms with E-state index in [0.29, 0.717) is 28.4 Å². The van der Waals surface area contributed by atoms with Crippen molar-refractivity contribution in [3.8, 4) is 17.1 Å². The molecule has 0 unspecified atom stereocenters. The molecule has 3 aromatic rings. The SMILES string of the molecule is C=CCn1c(SCC(=O)Nc2ccc(Cl)cn2)nnc1-c1ccc(OC)cc1. The van der Waals surface area contributed by atoms with E-state index < -0.39 is 0 Å². The molecule has 3 rings (SSSR count). The number of anilines is 1. The maximum atomic E-state index is 12.2. The van der Waals surface area contributed by atoms with E-state index in [9.17, 15) is 4.79 Å². The average molecular weight is 416 g/mol. The van der Waals surface area contributed by atoms with Crippen molar-refractivity contribution in [1.29, 1.82) is 0 Å². The highest BCUT2D eigenvalue weighted by Crippen LogP contribution is 2.25. The number of halogens is 1. The summed E-state index contributed by atoms with van der Waals surface area (Å²) >= 11 is 7.09. The fraction of sp³-hybridized carbons (Fsp3) is 0.158. The Morgan fingerprint density at radius 1 is 1.29 bits per heavy atom. The zero-order valence-electron chi connectivity index (χ0n) is 15.1. The second-order valence-corrected chi connectivity index (χ2v) is 7.01. The number of ether oxygens (including phenoxy) is 1.